The Hall–Kier alpha value is -2.01. The van der Waals surface area contributed by atoms with E-state index >= 15 is 0 Å². The zero-order valence-corrected chi connectivity index (χ0v) is 12.4. The zero-order chi connectivity index (χ0) is 14.8. The van der Waals surface area contributed by atoms with Crippen molar-refractivity contribution in [2.24, 2.45) is 0 Å². The van der Waals surface area contributed by atoms with E-state index in [1.165, 1.54) is 23.4 Å². The van der Waals surface area contributed by atoms with Crippen LogP contribution in [0.3, 0.4) is 0 Å². The molecule has 106 valence electrons. The van der Waals surface area contributed by atoms with Gasteiger partial charge in [-0.05, 0) is 26.0 Å². The Morgan fingerprint density at radius 2 is 1.85 bits per heavy atom. The van der Waals surface area contributed by atoms with E-state index in [4.69, 9.17) is 0 Å². The summed E-state index contributed by atoms with van der Waals surface area (Å²) in [5.74, 6) is -0.359. The van der Waals surface area contributed by atoms with Crippen LogP contribution < -0.4 is 10.9 Å². The molecular formula is C15H18N2O2S. The van der Waals surface area contributed by atoms with Crippen molar-refractivity contribution in [3.05, 3.63) is 54.1 Å². The Morgan fingerprint density at radius 1 is 1.15 bits per heavy atom. The van der Waals surface area contributed by atoms with Gasteiger partial charge in [0.2, 0.25) is 5.91 Å². The van der Waals surface area contributed by atoms with Gasteiger partial charge in [-0.25, -0.2) is 0 Å². The smallest absolute Gasteiger partial charge is 0.262 e. The topological polar surface area (TPSA) is 58.2 Å². The molecule has 0 aliphatic carbocycles. The molecule has 1 aromatic rings. The summed E-state index contributed by atoms with van der Waals surface area (Å²) in [7, 11) is 0. The Morgan fingerprint density at radius 3 is 2.50 bits per heavy atom. The van der Waals surface area contributed by atoms with Crippen molar-refractivity contribution in [1.29, 1.82) is 0 Å². The SMILES string of the molecule is C/C=C/C=C/C(=O)NNC(=O)CSc1ccc(C)cc1. The minimum atomic E-state index is -0.364. The maximum Gasteiger partial charge on any atom is 0.262 e. The highest BCUT2D eigenvalue weighted by molar-refractivity contribution is 8.00. The fourth-order valence-corrected chi connectivity index (χ4v) is 1.94. The first-order valence-corrected chi connectivity index (χ1v) is 7.18. The van der Waals surface area contributed by atoms with E-state index in [-0.39, 0.29) is 17.6 Å². The second kappa shape index (κ2) is 8.98. The molecule has 5 heteroatoms. The van der Waals surface area contributed by atoms with E-state index < -0.39 is 0 Å². The second-order valence-electron chi connectivity index (χ2n) is 4.02. The molecule has 0 bridgehead atoms. The van der Waals surface area contributed by atoms with Gasteiger partial charge in [-0.15, -0.1) is 11.8 Å². The normalized spacial score (nSPS) is 10.9. The van der Waals surface area contributed by atoms with Gasteiger partial charge >= 0.3 is 0 Å². The van der Waals surface area contributed by atoms with Gasteiger partial charge in [0, 0.05) is 11.0 Å². The van der Waals surface area contributed by atoms with Crippen LogP contribution in [0.15, 0.2) is 53.5 Å². The fraction of sp³-hybridized carbons (Fsp3) is 0.200. The molecule has 1 aromatic carbocycles. The quantitative estimate of drug-likeness (QED) is 0.379. The van der Waals surface area contributed by atoms with E-state index in [0.29, 0.717) is 0 Å². The lowest BCUT2D eigenvalue weighted by molar-refractivity contribution is -0.125. The maximum absolute atomic E-state index is 11.5. The first-order valence-electron chi connectivity index (χ1n) is 6.19. The van der Waals surface area contributed by atoms with Crippen LogP contribution in [0.4, 0.5) is 0 Å². The minimum absolute atomic E-state index is 0.247. The molecule has 2 amide bonds. The van der Waals surface area contributed by atoms with Crippen molar-refractivity contribution >= 4 is 23.6 Å². The molecule has 2 N–H and O–H groups in total. The largest absolute Gasteiger partial charge is 0.272 e. The van der Waals surface area contributed by atoms with Gasteiger partial charge in [0.1, 0.15) is 0 Å². The van der Waals surface area contributed by atoms with Crippen LogP contribution in [0.25, 0.3) is 0 Å². The van der Waals surface area contributed by atoms with Crippen molar-refractivity contribution < 1.29 is 9.59 Å². The molecule has 0 saturated carbocycles. The first kappa shape index (κ1) is 16.0. The monoisotopic (exact) mass is 290 g/mol. The van der Waals surface area contributed by atoms with E-state index in [2.05, 4.69) is 10.9 Å². The average molecular weight is 290 g/mol. The van der Waals surface area contributed by atoms with Crippen LogP contribution in [0.5, 0.6) is 0 Å². The molecule has 0 atom stereocenters. The molecule has 0 unspecified atom stereocenters. The lowest BCUT2D eigenvalue weighted by Crippen LogP contribution is -2.41. The van der Waals surface area contributed by atoms with Gasteiger partial charge in [-0.2, -0.15) is 0 Å². The first-order chi connectivity index (χ1) is 9.61. The summed E-state index contributed by atoms with van der Waals surface area (Å²) in [4.78, 5) is 23.8. The molecule has 0 aliphatic heterocycles. The number of hydrazine groups is 1. The van der Waals surface area contributed by atoms with Crippen molar-refractivity contribution in [2.75, 3.05) is 5.75 Å². The van der Waals surface area contributed by atoms with Crippen LogP contribution in [0.2, 0.25) is 0 Å². The lowest BCUT2D eigenvalue weighted by atomic mass is 10.2. The molecule has 0 radical (unpaired) electrons. The number of allylic oxidation sites excluding steroid dienone is 3. The van der Waals surface area contributed by atoms with Gasteiger partial charge in [-0.3, -0.25) is 20.4 Å². The summed E-state index contributed by atoms with van der Waals surface area (Å²) in [6, 6.07) is 7.92. The molecule has 0 heterocycles. The highest BCUT2D eigenvalue weighted by Gasteiger charge is 2.03. The summed E-state index contributed by atoms with van der Waals surface area (Å²) in [5, 5.41) is 0. The predicted molar refractivity (Wildman–Crippen MR) is 82.1 cm³/mol. The number of aryl methyl sites for hydroxylation is 1. The van der Waals surface area contributed by atoms with E-state index in [1.807, 2.05) is 38.1 Å². The van der Waals surface area contributed by atoms with Crippen molar-refractivity contribution in [3.8, 4) is 0 Å². The Bertz CT molecular complexity index is 507. The number of amides is 2. The molecule has 0 spiro atoms. The van der Waals surface area contributed by atoms with Crippen LogP contribution >= 0.6 is 11.8 Å². The zero-order valence-electron chi connectivity index (χ0n) is 11.6. The highest BCUT2D eigenvalue weighted by atomic mass is 32.2. The molecule has 0 fully saturated rings. The second-order valence-corrected chi connectivity index (χ2v) is 5.07. The summed E-state index contributed by atoms with van der Waals surface area (Å²) >= 11 is 1.42. The molecule has 0 saturated heterocycles. The van der Waals surface area contributed by atoms with Crippen molar-refractivity contribution in [3.63, 3.8) is 0 Å². The highest BCUT2D eigenvalue weighted by Crippen LogP contribution is 2.17. The van der Waals surface area contributed by atoms with Crippen molar-refractivity contribution in [2.45, 2.75) is 18.7 Å². The Balaban J connectivity index is 2.26. The molecular weight excluding hydrogens is 272 g/mol. The number of nitrogens with one attached hydrogen (secondary N) is 2. The number of hydrogen-bond donors (Lipinski definition) is 2. The lowest BCUT2D eigenvalue weighted by Gasteiger charge is -2.05. The fourth-order valence-electron chi connectivity index (χ4n) is 1.25. The van der Waals surface area contributed by atoms with E-state index in [9.17, 15) is 9.59 Å². The van der Waals surface area contributed by atoms with Gasteiger partial charge in [-0.1, -0.05) is 35.9 Å². The number of carbonyl (C=O) groups is 2. The third-order valence-corrected chi connectivity index (χ3v) is 3.28. The van der Waals surface area contributed by atoms with E-state index in [0.717, 1.165) is 4.90 Å². The molecule has 1 rings (SSSR count). The van der Waals surface area contributed by atoms with Gasteiger partial charge in [0.15, 0.2) is 0 Å². The maximum atomic E-state index is 11.5. The standard InChI is InChI=1S/C15H18N2O2S/c1-3-4-5-6-14(18)16-17-15(19)11-20-13-9-7-12(2)8-10-13/h3-10H,11H2,1-2H3,(H,16,18)(H,17,19)/b4-3+,6-5+. The average Bonchev–Trinajstić information content (AvgIpc) is 2.45. The Labute approximate surface area is 123 Å². The van der Waals surface area contributed by atoms with Crippen molar-refractivity contribution in [1.82, 2.24) is 10.9 Å². The van der Waals surface area contributed by atoms with Gasteiger partial charge in [0.25, 0.3) is 5.91 Å². The summed E-state index contributed by atoms with van der Waals surface area (Å²) in [6.07, 6.45) is 6.48. The number of benzene rings is 1. The minimum Gasteiger partial charge on any atom is -0.272 e. The number of thioether (sulfide) groups is 1. The molecule has 0 aliphatic rings. The van der Waals surface area contributed by atoms with Crippen LogP contribution in [0.1, 0.15) is 12.5 Å². The number of rotatable bonds is 5. The Kier molecular flexibility index (Phi) is 7.21. The van der Waals surface area contributed by atoms with Crippen LogP contribution in [-0.2, 0) is 9.59 Å². The third kappa shape index (κ3) is 6.80. The van der Waals surface area contributed by atoms with Crippen LogP contribution in [0, 0.1) is 6.92 Å². The van der Waals surface area contributed by atoms with E-state index in [1.54, 1.807) is 18.2 Å². The summed E-state index contributed by atoms with van der Waals surface area (Å²) < 4.78 is 0. The van der Waals surface area contributed by atoms with Gasteiger partial charge < -0.3 is 0 Å². The summed E-state index contributed by atoms with van der Waals surface area (Å²) in [6.45, 7) is 3.87. The number of hydrogen-bond acceptors (Lipinski definition) is 3. The number of carbonyl (C=O) groups excluding carboxylic acids is 2. The molecule has 4 nitrogen and oxygen atoms in total. The van der Waals surface area contributed by atoms with Gasteiger partial charge in [0.05, 0.1) is 5.75 Å². The molecule has 20 heavy (non-hydrogen) atoms. The third-order valence-electron chi connectivity index (χ3n) is 2.27. The van der Waals surface area contributed by atoms with Crippen LogP contribution in [-0.4, -0.2) is 17.6 Å². The predicted octanol–water partition coefficient (Wildman–Crippen LogP) is 2.37. The summed E-state index contributed by atoms with van der Waals surface area (Å²) in [5.41, 5.74) is 5.85. The molecule has 0 aromatic heterocycles.